The Morgan fingerprint density at radius 1 is 0.971 bits per heavy atom. The van der Waals surface area contributed by atoms with Gasteiger partial charge in [-0.1, -0.05) is 66.7 Å². The fourth-order valence-electron chi connectivity index (χ4n) is 4.99. The van der Waals surface area contributed by atoms with Gasteiger partial charge in [-0.2, -0.15) is 0 Å². The van der Waals surface area contributed by atoms with Crippen LogP contribution in [0.3, 0.4) is 0 Å². The van der Waals surface area contributed by atoms with Gasteiger partial charge in [-0.15, -0.1) is 0 Å². The summed E-state index contributed by atoms with van der Waals surface area (Å²) in [4.78, 5) is 28.1. The van der Waals surface area contributed by atoms with E-state index in [-0.39, 0.29) is 24.4 Å². The molecule has 172 valence electrons. The number of ether oxygens (including phenoxy) is 1. The summed E-state index contributed by atoms with van der Waals surface area (Å²) in [6.45, 7) is 0.794. The first kappa shape index (κ1) is 21.9. The molecular formula is C28H27N3O3. The number of amides is 2. The molecule has 1 atom stereocenters. The van der Waals surface area contributed by atoms with Crippen molar-refractivity contribution >= 4 is 22.7 Å². The molecule has 0 saturated carbocycles. The molecule has 2 heterocycles. The van der Waals surface area contributed by atoms with Gasteiger partial charge in [-0.05, 0) is 23.3 Å². The zero-order valence-electron chi connectivity index (χ0n) is 19.3. The summed E-state index contributed by atoms with van der Waals surface area (Å²) in [7, 11) is 3.65. The second kappa shape index (κ2) is 9.15. The van der Waals surface area contributed by atoms with Crippen molar-refractivity contribution in [2.24, 2.45) is 7.05 Å². The molecule has 6 heteroatoms. The number of nitrogens with one attached hydrogen (secondary N) is 1. The van der Waals surface area contributed by atoms with Crippen molar-refractivity contribution in [3.05, 3.63) is 95.6 Å². The molecule has 0 saturated heterocycles. The topological polar surface area (TPSA) is 63.6 Å². The van der Waals surface area contributed by atoms with Crippen LogP contribution in [0, 0.1) is 0 Å². The summed E-state index contributed by atoms with van der Waals surface area (Å²) in [5.74, 6) is -0.334. The number of methoxy groups -OCH3 is 1. The van der Waals surface area contributed by atoms with Gasteiger partial charge in [0.25, 0.3) is 5.91 Å². The van der Waals surface area contributed by atoms with Gasteiger partial charge in [0, 0.05) is 42.7 Å². The van der Waals surface area contributed by atoms with Crippen LogP contribution < -0.4 is 5.32 Å². The molecule has 0 radical (unpaired) electrons. The molecule has 1 aliphatic rings. The van der Waals surface area contributed by atoms with E-state index >= 15 is 0 Å². The van der Waals surface area contributed by atoms with Crippen LogP contribution in [-0.2, 0) is 16.6 Å². The molecule has 1 aromatic heterocycles. The van der Waals surface area contributed by atoms with Crippen molar-refractivity contribution in [3.8, 4) is 11.3 Å². The molecule has 34 heavy (non-hydrogen) atoms. The molecule has 1 N–H and O–H groups in total. The Bertz CT molecular complexity index is 1360. The van der Waals surface area contributed by atoms with Crippen molar-refractivity contribution in [2.75, 3.05) is 26.8 Å². The van der Waals surface area contributed by atoms with Crippen molar-refractivity contribution < 1.29 is 14.3 Å². The molecule has 0 aliphatic carbocycles. The van der Waals surface area contributed by atoms with E-state index in [0.29, 0.717) is 18.7 Å². The lowest BCUT2D eigenvalue weighted by atomic mass is 9.93. The number of aromatic nitrogens is 1. The van der Waals surface area contributed by atoms with E-state index in [1.165, 1.54) is 0 Å². The normalized spacial score (nSPS) is 15.1. The number of fused-ring (bicyclic) bond motifs is 2. The Balaban J connectivity index is 1.70. The number of carbonyl (C=O) groups excluding carboxylic acids is 2. The van der Waals surface area contributed by atoms with Gasteiger partial charge in [0.1, 0.15) is 6.54 Å². The van der Waals surface area contributed by atoms with Crippen LogP contribution in [-0.4, -0.2) is 48.1 Å². The SMILES string of the molecule is COCCNC(=O)CN1C(=O)c2ccccc2C1c1c(-c2ccccc2)n(C)c2ccccc12. The lowest BCUT2D eigenvalue weighted by Gasteiger charge is -2.26. The second-order valence-corrected chi connectivity index (χ2v) is 8.47. The zero-order valence-corrected chi connectivity index (χ0v) is 19.3. The van der Waals surface area contributed by atoms with Crippen LogP contribution >= 0.6 is 0 Å². The van der Waals surface area contributed by atoms with E-state index in [1.807, 2.05) is 54.6 Å². The highest BCUT2D eigenvalue weighted by Crippen LogP contribution is 2.46. The highest BCUT2D eigenvalue weighted by Gasteiger charge is 2.41. The summed E-state index contributed by atoms with van der Waals surface area (Å²) in [6, 6.07) is 25.7. The number of aryl methyl sites for hydroxylation is 1. The van der Waals surface area contributed by atoms with E-state index in [0.717, 1.165) is 33.3 Å². The summed E-state index contributed by atoms with van der Waals surface area (Å²) in [6.07, 6.45) is 0. The Hall–Kier alpha value is -3.90. The standard InChI is InChI=1S/C28H27N3O3/c1-30-23-15-9-8-14-22(23)25(26(30)19-10-4-3-5-11-19)27-20-12-6-7-13-21(20)28(33)31(27)18-24(32)29-16-17-34-2/h3-15,27H,16-18H2,1-2H3,(H,29,32). The van der Waals surface area contributed by atoms with Crippen LogP contribution in [0.1, 0.15) is 27.5 Å². The number of benzene rings is 3. The van der Waals surface area contributed by atoms with Crippen LogP contribution in [0.2, 0.25) is 0 Å². The number of hydrogen-bond acceptors (Lipinski definition) is 3. The third kappa shape index (κ3) is 3.66. The van der Waals surface area contributed by atoms with Gasteiger partial charge in [-0.3, -0.25) is 9.59 Å². The second-order valence-electron chi connectivity index (χ2n) is 8.47. The van der Waals surface area contributed by atoms with Crippen LogP contribution in [0.4, 0.5) is 0 Å². The lowest BCUT2D eigenvalue weighted by Crippen LogP contribution is -2.40. The Labute approximate surface area is 198 Å². The quantitative estimate of drug-likeness (QED) is 0.428. The van der Waals surface area contributed by atoms with Gasteiger partial charge in [-0.25, -0.2) is 0 Å². The van der Waals surface area contributed by atoms with E-state index in [1.54, 1.807) is 12.0 Å². The largest absolute Gasteiger partial charge is 0.383 e. The highest BCUT2D eigenvalue weighted by molar-refractivity contribution is 6.03. The predicted molar refractivity (Wildman–Crippen MR) is 133 cm³/mol. The first-order valence-corrected chi connectivity index (χ1v) is 11.4. The van der Waals surface area contributed by atoms with Gasteiger partial charge in [0.05, 0.1) is 18.3 Å². The van der Waals surface area contributed by atoms with E-state index in [9.17, 15) is 9.59 Å². The third-order valence-corrected chi connectivity index (χ3v) is 6.47. The molecular weight excluding hydrogens is 426 g/mol. The van der Waals surface area contributed by atoms with Crippen molar-refractivity contribution in [3.63, 3.8) is 0 Å². The van der Waals surface area contributed by atoms with Crippen LogP contribution in [0.15, 0.2) is 78.9 Å². The Morgan fingerprint density at radius 2 is 1.68 bits per heavy atom. The van der Waals surface area contributed by atoms with E-state index in [4.69, 9.17) is 4.74 Å². The fraction of sp³-hybridized carbons (Fsp3) is 0.214. The molecule has 3 aromatic carbocycles. The van der Waals surface area contributed by atoms with Gasteiger partial charge >= 0.3 is 0 Å². The van der Waals surface area contributed by atoms with Crippen LogP contribution in [0.25, 0.3) is 22.2 Å². The Kier molecular flexibility index (Phi) is 5.90. The van der Waals surface area contributed by atoms with E-state index in [2.05, 4.69) is 41.2 Å². The first-order valence-electron chi connectivity index (χ1n) is 11.4. The lowest BCUT2D eigenvalue weighted by molar-refractivity contribution is -0.122. The van der Waals surface area contributed by atoms with E-state index < -0.39 is 0 Å². The molecule has 0 fully saturated rings. The highest BCUT2D eigenvalue weighted by atomic mass is 16.5. The summed E-state index contributed by atoms with van der Waals surface area (Å²) in [5.41, 5.74) is 5.79. The minimum atomic E-state index is -0.377. The average molecular weight is 454 g/mol. The maximum atomic E-state index is 13.6. The minimum absolute atomic E-state index is 0.0284. The van der Waals surface area contributed by atoms with Crippen molar-refractivity contribution in [2.45, 2.75) is 6.04 Å². The van der Waals surface area contributed by atoms with Crippen molar-refractivity contribution in [1.82, 2.24) is 14.8 Å². The molecule has 0 spiro atoms. The fourth-order valence-corrected chi connectivity index (χ4v) is 4.99. The molecule has 4 aromatic rings. The number of nitrogens with zero attached hydrogens (tertiary/aromatic N) is 2. The molecule has 1 aliphatic heterocycles. The predicted octanol–water partition coefficient (Wildman–Crippen LogP) is 4.15. The molecule has 6 nitrogen and oxygen atoms in total. The summed E-state index contributed by atoms with van der Waals surface area (Å²) >= 11 is 0. The smallest absolute Gasteiger partial charge is 0.255 e. The van der Waals surface area contributed by atoms with Crippen molar-refractivity contribution in [1.29, 1.82) is 0 Å². The zero-order chi connectivity index (χ0) is 23.7. The summed E-state index contributed by atoms with van der Waals surface area (Å²) < 4.78 is 7.22. The number of para-hydroxylation sites is 1. The molecule has 5 rings (SSSR count). The van der Waals surface area contributed by atoms with Gasteiger partial charge in [0.15, 0.2) is 0 Å². The maximum absolute atomic E-state index is 13.6. The molecule has 1 unspecified atom stereocenters. The summed E-state index contributed by atoms with van der Waals surface area (Å²) in [5, 5.41) is 3.93. The number of carbonyl (C=O) groups is 2. The third-order valence-electron chi connectivity index (χ3n) is 6.47. The first-order chi connectivity index (χ1) is 16.6. The molecule has 0 bridgehead atoms. The van der Waals surface area contributed by atoms with Gasteiger partial charge in [0.2, 0.25) is 5.91 Å². The monoisotopic (exact) mass is 453 g/mol. The minimum Gasteiger partial charge on any atom is -0.383 e. The Morgan fingerprint density at radius 3 is 2.47 bits per heavy atom. The number of hydrogen-bond donors (Lipinski definition) is 1. The average Bonchev–Trinajstić information content (AvgIpc) is 3.31. The molecule has 2 amide bonds. The maximum Gasteiger partial charge on any atom is 0.255 e. The van der Waals surface area contributed by atoms with Gasteiger partial charge < -0.3 is 19.5 Å². The van der Waals surface area contributed by atoms with Crippen LogP contribution in [0.5, 0.6) is 0 Å². The number of rotatable bonds is 7.